The Morgan fingerprint density at radius 3 is 2.20 bits per heavy atom. The van der Waals surface area contributed by atoms with Gasteiger partial charge in [-0.1, -0.05) is 19.3 Å². The minimum Gasteiger partial charge on any atom is -0.464 e. The first-order chi connectivity index (χ1) is 4.83. The molecule has 10 heavy (non-hydrogen) atoms. The molecule has 0 aromatic carbocycles. The molecule has 2 fully saturated rings. The lowest BCUT2D eigenvalue weighted by Gasteiger charge is -2.41. The van der Waals surface area contributed by atoms with Crippen molar-refractivity contribution in [1.82, 2.24) is 0 Å². The molecule has 2 nitrogen and oxygen atoms in total. The monoisotopic (exact) mass is 140 g/mol. The van der Waals surface area contributed by atoms with E-state index in [1.807, 2.05) is 0 Å². The molecular weight excluding hydrogens is 128 g/mol. The summed E-state index contributed by atoms with van der Waals surface area (Å²) in [5, 5.41) is 0. The van der Waals surface area contributed by atoms with Gasteiger partial charge in [0.25, 0.3) is 0 Å². The second-order valence-electron chi connectivity index (χ2n) is 3.42. The van der Waals surface area contributed by atoms with Gasteiger partial charge in [0.2, 0.25) is 0 Å². The first kappa shape index (κ1) is 6.20. The normalized spacial score (nSPS) is 29.4. The highest BCUT2D eigenvalue weighted by Crippen LogP contribution is 2.43. The third-order valence-corrected chi connectivity index (χ3v) is 2.72. The van der Waals surface area contributed by atoms with Crippen LogP contribution in [0.3, 0.4) is 0 Å². The van der Waals surface area contributed by atoms with Crippen molar-refractivity contribution in [2.24, 2.45) is 5.41 Å². The third-order valence-electron chi connectivity index (χ3n) is 2.72. The standard InChI is InChI=1S/C8H12O2/c9-7-8(6-10-7)4-2-1-3-5-8/h1-6H2. The Morgan fingerprint density at radius 1 is 1.20 bits per heavy atom. The maximum Gasteiger partial charge on any atom is 0.315 e. The predicted molar refractivity (Wildman–Crippen MR) is 36.5 cm³/mol. The predicted octanol–water partition coefficient (Wildman–Crippen LogP) is 1.49. The summed E-state index contributed by atoms with van der Waals surface area (Å²) in [4.78, 5) is 11.0. The number of hydrogen-bond donors (Lipinski definition) is 0. The molecule has 1 aliphatic heterocycles. The quantitative estimate of drug-likeness (QED) is 0.476. The van der Waals surface area contributed by atoms with Crippen LogP contribution < -0.4 is 0 Å². The smallest absolute Gasteiger partial charge is 0.315 e. The molecule has 0 aromatic heterocycles. The Bertz CT molecular complexity index is 157. The van der Waals surface area contributed by atoms with Crippen LogP contribution in [0.2, 0.25) is 0 Å². The molecule has 1 spiro atoms. The number of ether oxygens (including phenoxy) is 1. The maximum atomic E-state index is 11.0. The van der Waals surface area contributed by atoms with E-state index in [9.17, 15) is 4.79 Å². The molecule has 0 atom stereocenters. The van der Waals surface area contributed by atoms with E-state index in [0.717, 1.165) is 12.8 Å². The van der Waals surface area contributed by atoms with E-state index in [4.69, 9.17) is 4.74 Å². The van der Waals surface area contributed by atoms with Crippen LogP contribution in [0.4, 0.5) is 0 Å². The van der Waals surface area contributed by atoms with Gasteiger partial charge in [-0.25, -0.2) is 0 Å². The minimum absolute atomic E-state index is 0.00174. The number of hydrogen-bond acceptors (Lipinski definition) is 2. The molecule has 2 heteroatoms. The van der Waals surface area contributed by atoms with Gasteiger partial charge in [-0.3, -0.25) is 4.79 Å². The molecule has 56 valence electrons. The second-order valence-corrected chi connectivity index (χ2v) is 3.42. The molecule has 1 aliphatic carbocycles. The summed E-state index contributed by atoms with van der Waals surface area (Å²) in [5.41, 5.74) is -0.00174. The van der Waals surface area contributed by atoms with Gasteiger partial charge in [-0.05, 0) is 12.8 Å². The minimum atomic E-state index is -0.00174. The highest BCUT2D eigenvalue weighted by molar-refractivity contribution is 5.81. The molecule has 0 radical (unpaired) electrons. The van der Waals surface area contributed by atoms with Crippen molar-refractivity contribution in [3.63, 3.8) is 0 Å². The Balaban J connectivity index is 2.06. The Hall–Kier alpha value is -0.530. The summed E-state index contributed by atoms with van der Waals surface area (Å²) in [7, 11) is 0. The van der Waals surface area contributed by atoms with Crippen molar-refractivity contribution in [2.75, 3.05) is 6.61 Å². The topological polar surface area (TPSA) is 26.3 Å². The zero-order chi connectivity index (χ0) is 7.03. The summed E-state index contributed by atoms with van der Waals surface area (Å²) >= 11 is 0. The first-order valence-corrected chi connectivity index (χ1v) is 4.01. The van der Waals surface area contributed by atoms with E-state index in [0.29, 0.717) is 6.61 Å². The van der Waals surface area contributed by atoms with Crippen molar-refractivity contribution < 1.29 is 9.53 Å². The van der Waals surface area contributed by atoms with Crippen molar-refractivity contribution in [1.29, 1.82) is 0 Å². The van der Waals surface area contributed by atoms with Gasteiger partial charge in [0.15, 0.2) is 0 Å². The largest absolute Gasteiger partial charge is 0.464 e. The molecule has 1 saturated carbocycles. The number of esters is 1. The fourth-order valence-electron chi connectivity index (χ4n) is 1.91. The number of cyclic esters (lactones) is 1. The van der Waals surface area contributed by atoms with Gasteiger partial charge < -0.3 is 4.74 Å². The number of rotatable bonds is 0. The third kappa shape index (κ3) is 0.678. The van der Waals surface area contributed by atoms with E-state index in [1.54, 1.807) is 0 Å². The first-order valence-electron chi connectivity index (χ1n) is 4.01. The summed E-state index contributed by atoms with van der Waals surface area (Å²) < 4.78 is 4.78. The van der Waals surface area contributed by atoms with E-state index in [-0.39, 0.29) is 11.4 Å². The summed E-state index contributed by atoms with van der Waals surface area (Å²) in [5.74, 6) is 0.0622. The lowest BCUT2D eigenvalue weighted by atomic mass is 9.72. The Morgan fingerprint density at radius 2 is 1.90 bits per heavy atom. The molecule has 0 unspecified atom stereocenters. The Kier molecular flexibility index (Phi) is 1.22. The number of carbonyl (C=O) groups excluding carboxylic acids is 1. The van der Waals surface area contributed by atoms with Gasteiger partial charge in [0.05, 0.1) is 0 Å². The summed E-state index contributed by atoms with van der Waals surface area (Å²) in [6, 6.07) is 0. The van der Waals surface area contributed by atoms with Gasteiger partial charge in [0, 0.05) is 0 Å². The van der Waals surface area contributed by atoms with Gasteiger partial charge in [-0.2, -0.15) is 0 Å². The average molecular weight is 140 g/mol. The summed E-state index contributed by atoms with van der Waals surface area (Å²) in [6.07, 6.45) is 5.89. The molecule has 2 rings (SSSR count). The van der Waals surface area contributed by atoms with E-state index in [1.165, 1.54) is 19.3 Å². The average Bonchev–Trinajstić information content (AvgIpc) is 2.04. The lowest BCUT2D eigenvalue weighted by molar-refractivity contribution is -0.189. The summed E-state index contributed by atoms with van der Waals surface area (Å²) in [6.45, 7) is 0.700. The van der Waals surface area contributed by atoms with Gasteiger partial charge in [0.1, 0.15) is 12.0 Å². The van der Waals surface area contributed by atoms with Crippen LogP contribution in [0.15, 0.2) is 0 Å². The van der Waals surface area contributed by atoms with Crippen LogP contribution in [-0.4, -0.2) is 12.6 Å². The van der Waals surface area contributed by atoms with Crippen LogP contribution >= 0.6 is 0 Å². The fourth-order valence-corrected chi connectivity index (χ4v) is 1.91. The molecule has 0 amide bonds. The van der Waals surface area contributed by atoms with Crippen LogP contribution in [0.25, 0.3) is 0 Å². The van der Waals surface area contributed by atoms with Crippen molar-refractivity contribution in [3.05, 3.63) is 0 Å². The molecule has 2 aliphatic rings. The van der Waals surface area contributed by atoms with Crippen molar-refractivity contribution in [3.8, 4) is 0 Å². The molecule has 0 aromatic rings. The van der Waals surface area contributed by atoms with Crippen LogP contribution in [-0.2, 0) is 9.53 Å². The van der Waals surface area contributed by atoms with E-state index < -0.39 is 0 Å². The van der Waals surface area contributed by atoms with Crippen LogP contribution in [0.1, 0.15) is 32.1 Å². The molecule has 1 heterocycles. The molecular formula is C8H12O2. The molecule has 1 saturated heterocycles. The van der Waals surface area contributed by atoms with E-state index >= 15 is 0 Å². The maximum absolute atomic E-state index is 11.0. The highest BCUT2D eigenvalue weighted by atomic mass is 16.6. The van der Waals surface area contributed by atoms with Crippen molar-refractivity contribution in [2.45, 2.75) is 32.1 Å². The second kappa shape index (κ2) is 1.97. The van der Waals surface area contributed by atoms with Gasteiger partial charge >= 0.3 is 5.97 Å². The lowest BCUT2D eigenvalue weighted by Crippen LogP contribution is -2.49. The zero-order valence-electron chi connectivity index (χ0n) is 6.06. The molecule has 0 bridgehead atoms. The SMILES string of the molecule is O=C1OCC12CCCCC2. The zero-order valence-corrected chi connectivity index (χ0v) is 6.06. The van der Waals surface area contributed by atoms with Gasteiger partial charge in [-0.15, -0.1) is 0 Å². The van der Waals surface area contributed by atoms with Crippen LogP contribution in [0.5, 0.6) is 0 Å². The van der Waals surface area contributed by atoms with E-state index in [2.05, 4.69) is 0 Å². The molecule has 0 N–H and O–H groups in total. The van der Waals surface area contributed by atoms with Crippen LogP contribution in [0, 0.1) is 5.41 Å². The van der Waals surface area contributed by atoms with Crippen molar-refractivity contribution >= 4 is 5.97 Å². The fraction of sp³-hybridized carbons (Fsp3) is 0.875. The number of carbonyl (C=O) groups is 1. The highest BCUT2D eigenvalue weighted by Gasteiger charge is 2.49. The Labute approximate surface area is 60.6 Å².